The first-order valence-electron chi connectivity index (χ1n) is 10.2. The Kier molecular flexibility index (Phi) is 5.50. The highest BCUT2D eigenvalue weighted by Crippen LogP contribution is 2.25. The molecule has 1 amide bonds. The van der Waals surface area contributed by atoms with Crippen LogP contribution in [0.5, 0.6) is 0 Å². The van der Waals surface area contributed by atoms with Gasteiger partial charge in [0.15, 0.2) is 5.11 Å². The van der Waals surface area contributed by atoms with Crippen molar-refractivity contribution < 1.29 is 4.79 Å². The van der Waals surface area contributed by atoms with Gasteiger partial charge in [-0.05, 0) is 60.4 Å². The molecule has 0 atom stereocenters. The average molecular weight is 472 g/mol. The average Bonchev–Trinajstić information content (AvgIpc) is 3.21. The molecule has 5 rings (SSSR count). The molecule has 8 heteroatoms. The molecule has 5 aromatic rings. The largest absolute Gasteiger partial charge is 0.332 e. The minimum atomic E-state index is -0.376. The smallest absolute Gasteiger partial charge is 0.258 e. The van der Waals surface area contributed by atoms with Crippen LogP contribution in [-0.2, 0) is 0 Å². The Morgan fingerprint density at radius 2 is 1.64 bits per heavy atom. The predicted octanol–water partition coefficient (Wildman–Crippen LogP) is 5.66. The molecule has 0 aliphatic heterocycles. The Labute approximate surface area is 200 Å². The van der Waals surface area contributed by atoms with Crippen LogP contribution in [0.15, 0.2) is 78.9 Å². The van der Waals surface area contributed by atoms with Crippen LogP contribution in [0, 0.1) is 6.92 Å². The molecule has 1 aromatic heterocycles. The standard InChI is InChI=1S/C25H18ClN5OS/c1-15-13-21-22(30-31(29-21)23-12-6-8-16-7-2-3-9-17(16)23)14-20(15)27-25(33)28-24(32)18-10-4-5-11-19(18)26/h2-14H,1H3,(H2,27,28,32,33). The number of anilines is 1. The predicted molar refractivity (Wildman–Crippen MR) is 136 cm³/mol. The van der Waals surface area contributed by atoms with E-state index in [4.69, 9.17) is 23.8 Å². The third-order valence-electron chi connectivity index (χ3n) is 5.30. The van der Waals surface area contributed by atoms with E-state index in [2.05, 4.69) is 39.0 Å². The van der Waals surface area contributed by atoms with Gasteiger partial charge in [-0.2, -0.15) is 0 Å². The molecule has 162 valence electrons. The van der Waals surface area contributed by atoms with E-state index in [1.807, 2.05) is 43.3 Å². The Morgan fingerprint density at radius 1 is 0.939 bits per heavy atom. The van der Waals surface area contributed by atoms with Crippen molar-refractivity contribution in [3.05, 3.63) is 95.0 Å². The molecule has 2 N–H and O–H groups in total. The minimum Gasteiger partial charge on any atom is -0.332 e. The van der Waals surface area contributed by atoms with E-state index in [0.29, 0.717) is 16.1 Å². The number of hydrogen-bond donors (Lipinski definition) is 2. The van der Waals surface area contributed by atoms with Crippen molar-refractivity contribution in [2.75, 3.05) is 5.32 Å². The fourth-order valence-corrected chi connectivity index (χ4v) is 4.09. The molecule has 0 spiro atoms. The Hall–Kier alpha value is -3.81. The quantitative estimate of drug-likeness (QED) is 0.332. The molecule has 0 radical (unpaired) electrons. The monoisotopic (exact) mass is 471 g/mol. The lowest BCUT2D eigenvalue weighted by Gasteiger charge is -2.12. The number of carbonyl (C=O) groups is 1. The van der Waals surface area contributed by atoms with Crippen LogP contribution in [0.4, 0.5) is 5.69 Å². The molecule has 4 aromatic carbocycles. The Bertz CT molecular complexity index is 1540. The molecule has 0 saturated carbocycles. The highest BCUT2D eigenvalue weighted by molar-refractivity contribution is 7.80. The maximum atomic E-state index is 12.5. The number of hydrogen-bond acceptors (Lipinski definition) is 4. The molecule has 0 unspecified atom stereocenters. The van der Waals surface area contributed by atoms with Crippen molar-refractivity contribution in [3.63, 3.8) is 0 Å². The number of nitrogens with zero attached hydrogens (tertiary/aromatic N) is 3. The van der Waals surface area contributed by atoms with E-state index >= 15 is 0 Å². The number of amides is 1. The summed E-state index contributed by atoms with van der Waals surface area (Å²) in [5.74, 6) is -0.376. The van der Waals surface area contributed by atoms with Crippen LogP contribution in [-0.4, -0.2) is 26.0 Å². The molecular weight excluding hydrogens is 454 g/mol. The molecule has 0 aliphatic carbocycles. The first kappa shape index (κ1) is 21.1. The van der Waals surface area contributed by atoms with Gasteiger partial charge in [-0.15, -0.1) is 15.0 Å². The van der Waals surface area contributed by atoms with E-state index in [0.717, 1.165) is 33.2 Å². The number of fused-ring (bicyclic) bond motifs is 2. The zero-order chi connectivity index (χ0) is 22.9. The summed E-state index contributed by atoms with van der Waals surface area (Å²) in [7, 11) is 0. The number of thiocarbonyl (C=S) groups is 1. The molecular formula is C25H18ClN5OS. The van der Waals surface area contributed by atoms with Gasteiger partial charge in [0.1, 0.15) is 11.0 Å². The van der Waals surface area contributed by atoms with Crippen molar-refractivity contribution in [1.29, 1.82) is 0 Å². The summed E-state index contributed by atoms with van der Waals surface area (Å²) < 4.78 is 0. The van der Waals surface area contributed by atoms with Gasteiger partial charge in [-0.1, -0.05) is 60.1 Å². The normalized spacial score (nSPS) is 11.0. The Balaban J connectivity index is 1.42. The van der Waals surface area contributed by atoms with Gasteiger partial charge in [0.2, 0.25) is 0 Å². The fourth-order valence-electron chi connectivity index (χ4n) is 3.66. The highest BCUT2D eigenvalue weighted by atomic mass is 35.5. The number of rotatable bonds is 3. The third kappa shape index (κ3) is 4.16. The number of benzene rings is 4. The van der Waals surface area contributed by atoms with Crippen molar-refractivity contribution in [2.24, 2.45) is 0 Å². The van der Waals surface area contributed by atoms with Crippen LogP contribution in [0.1, 0.15) is 15.9 Å². The summed E-state index contributed by atoms with van der Waals surface area (Å²) in [5, 5.41) is 17.8. The summed E-state index contributed by atoms with van der Waals surface area (Å²) in [6, 6.07) is 24.8. The lowest BCUT2D eigenvalue weighted by atomic mass is 10.1. The topological polar surface area (TPSA) is 71.8 Å². The number of aryl methyl sites for hydroxylation is 1. The molecule has 0 bridgehead atoms. The molecule has 0 aliphatic rings. The van der Waals surface area contributed by atoms with Gasteiger partial charge in [0.05, 0.1) is 16.3 Å². The third-order valence-corrected chi connectivity index (χ3v) is 5.84. The first-order valence-corrected chi connectivity index (χ1v) is 11.0. The number of carbonyl (C=O) groups excluding carboxylic acids is 1. The van der Waals surface area contributed by atoms with Crippen molar-refractivity contribution in [1.82, 2.24) is 20.3 Å². The minimum absolute atomic E-state index is 0.170. The van der Waals surface area contributed by atoms with Gasteiger partial charge in [0, 0.05) is 11.1 Å². The van der Waals surface area contributed by atoms with Gasteiger partial charge in [-0.3, -0.25) is 10.1 Å². The number of aromatic nitrogens is 3. The van der Waals surface area contributed by atoms with Crippen LogP contribution < -0.4 is 10.6 Å². The van der Waals surface area contributed by atoms with E-state index in [1.54, 1.807) is 29.1 Å². The number of halogens is 1. The zero-order valence-electron chi connectivity index (χ0n) is 17.5. The van der Waals surface area contributed by atoms with E-state index in [-0.39, 0.29) is 11.0 Å². The van der Waals surface area contributed by atoms with Gasteiger partial charge >= 0.3 is 0 Å². The summed E-state index contributed by atoms with van der Waals surface area (Å²) in [6.07, 6.45) is 0. The summed E-state index contributed by atoms with van der Waals surface area (Å²) in [4.78, 5) is 14.1. The van der Waals surface area contributed by atoms with Crippen LogP contribution in [0.3, 0.4) is 0 Å². The fraction of sp³-hybridized carbons (Fsp3) is 0.0400. The van der Waals surface area contributed by atoms with Crippen LogP contribution in [0.25, 0.3) is 27.5 Å². The maximum absolute atomic E-state index is 12.5. The molecule has 0 saturated heterocycles. The second-order valence-corrected chi connectivity index (χ2v) is 8.35. The van der Waals surface area contributed by atoms with Crippen LogP contribution >= 0.6 is 23.8 Å². The van der Waals surface area contributed by atoms with Crippen molar-refractivity contribution in [3.8, 4) is 5.69 Å². The summed E-state index contributed by atoms with van der Waals surface area (Å²) >= 11 is 11.4. The van der Waals surface area contributed by atoms with Crippen molar-refractivity contribution >= 4 is 62.3 Å². The lowest BCUT2D eigenvalue weighted by molar-refractivity contribution is 0.0978. The maximum Gasteiger partial charge on any atom is 0.258 e. The molecule has 6 nitrogen and oxygen atoms in total. The van der Waals surface area contributed by atoms with E-state index in [9.17, 15) is 4.79 Å². The SMILES string of the molecule is Cc1cc2nn(-c3cccc4ccccc34)nc2cc1NC(=S)NC(=O)c1ccccc1Cl. The Morgan fingerprint density at radius 3 is 2.45 bits per heavy atom. The van der Waals surface area contributed by atoms with E-state index < -0.39 is 0 Å². The van der Waals surface area contributed by atoms with Gasteiger partial charge < -0.3 is 5.32 Å². The zero-order valence-corrected chi connectivity index (χ0v) is 19.1. The first-order chi connectivity index (χ1) is 16.0. The second kappa shape index (κ2) is 8.61. The molecule has 1 heterocycles. The van der Waals surface area contributed by atoms with Crippen LogP contribution in [0.2, 0.25) is 5.02 Å². The molecule has 0 fully saturated rings. The lowest BCUT2D eigenvalue weighted by Crippen LogP contribution is -2.34. The van der Waals surface area contributed by atoms with Gasteiger partial charge in [0.25, 0.3) is 5.91 Å². The van der Waals surface area contributed by atoms with Crippen molar-refractivity contribution in [2.45, 2.75) is 6.92 Å². The van der Waals surface area contributed by atoms with E-state index in [1.165, 1.54) is 0 Å². The second-order valence-electron chi connectivity index (χ2n) is 7.53. The number of nitrogens with one attached hydrogen (secondary N) is 2. The summed E-state index contributed by atoms with van der Waals surface area (Å²) in [6.45, 7) is 1.94. The summed E-state index contributed by atoms with van der Waals surface area (Å²) in [5.41, 5.74) is 4.37. The highest BCUT2D eigenvalue weighted by Gasteiger charge is 2.14. The molecule has 33 heavy (non-hydrogen) atoms. The van der Waals surface area contributed by atoms with Gasteiger partial charge in [-0.25, -0.2) is 0 Å².